The zero-order valence-corrected chi connectivity index (χ0v) is 10.6. The van der Waals surface area contributed by atoms with E-state index in [0.29, 0.717) is 12.2 Å². The summed E-state index contributed by atoms with van der Waals surface area (Å²) in [4.78, 5) is 16.0. The quantitative estimate of drug-likeness (QED) is 0.898. The predicted octanol–water partition coefficient (Wildman–Crippen LogP) is 1.68. The molecule has 1 N–H and O–H groups in total. The van der Waals surface area contributed by atoms with E-state index in [1.807, 2.05) is 20.2 Å². The van der Waals surface area contributed by atoms with Crippen molar-refractivity contribution in [1.29, 1.82) is 0 Å². The smallest absolute Gasteiger partial charge is 0.270 e. The van der Waals surface area contributed by atoms with Crippen molar-refractivity contribution in [2.24, 2.45) is 7.05 Å². The first-order valence-corrected chi connectivity index (χ1v) is 6.31. The van der Waals surface area contributed by atoms with Crippen molar-refractivity contribution in [3.05, 3.63) is 23.5 Å². The average Bonchev–Trinajstić information content (AvgIpc) is 2.93. The zero-order valence-electron chi connectivity index (χ0n) is 9.80. The van der Waals surface area contributed by atoms with Crippen LogP contribution in [0.25, 0.3) is 10.6 Å². The normalized spacial score (nSPS) is 10.5. The summed E-state index contributed by atoms with van der Waals surface area (Å²) in [6.07, 6.45) is 4.55. The van der Waals surface area contributed by atoms with Gasteiger partial charge in [-0.15, -0.1) is 11.3 Å². The van der Waals surface area contributed by atoms with E-state index in [0.717, 1.165) is 17.0 Å². The molecular weight excluding hydrogens is 236 g/mol. The van der Waals surface area contributed by atoms with E-state index in [2.05, 4.69) is 15.4 Å². The molecule has 17 heavy (non-hydrogen) atoms. The number of thiazole rings is 1. The Kier molecular flexibility index (Phi) is 3.53. The lowest BCUT2D eigenvalue weighted by atomic mass is 10.4. The average molecular weight is 250 g/mol. The van der Waals surface area contributed by atoms with Crippen molar-refractivity contribution in [1.82, 2.24) is 20.1 Å². The van der Waals surface area contributed by atoms with Crippen LogP contribution >= 0.6 is 11.3 Å². The Morgan fingerprint density at radius 1 is 1.59 bits per heavy atom. The Labute approximate surface area is 103 Å². The molecule has 0 fully saturated rings. The van der Waals surface area contributed by atoms with E-state index >= 15 is 0 Å². The molecule has 0 aliphatic carbocycles. The maximum Gasteiger partial charge on any atom is 0.270 e. The van der Waals surface area contributed by atoms with Gasteiger partial charge in [-0.25, -0.2) is 4.98 Å². The van der Waals surface area contributed by atoms with Crippen LogP contribution in [0.4, 0.5) is 0 Å². The van der Waals surface area contributed by atoms with Gasteiger partial charge in [0.25, 0.3) is 5.91 Å². The van der Waals surface area contributed by atoms with Crippen molar-refractivity contribution in [2.75, 3.05) is 6.54 Å². The summed E-state index contributed by atoms with van der Waals surface area (Å²) in [6, 6.07) is 0. The summed E-state index contributed by atoms with van der Waals surface area (Å²) < 4.78 is 1.72. The molecular formula is C11H14N4OS. The topological polar surface area (TPSA) is 59.8 Å². The molecule has 2 aromatic heterocycles. The summed E-state index contributed by atoms with van der Waals surface area (Å²) in [5.41, 5.74) is 1.41. The van der Waals surface area contributed by atoms with Crippen LogP contribution in [-0.4, -0.2) is 27.2 Å². The minimum absolute atomic E-state index is 0.113. The van der Waals surface area contributed by atoms with Gasteiger partial charge in [0.1, 0.15) is 10.7 Å². The molecule has 2 heterocycles. The molecule has 1 amide bonds. The lowest BCUT2D eigenvalue weighted by molar-refractivity contribution is 0.0949. The third-order valence-corrected chi connectivity index (χ3v) is 3.12. The van der Waals surface area contributed by atoms with Crippen molar-refractivity contribution in [3.8, 4) is 10.6 Å². The molecule has 0 atom stereocenters. The van der Waals surface area contributed by atoms with Crippen LogP contribution in [0.15, 0.2) is 17.8 Å². The summed E-state index contributed by atoms with van der Waals surface area (Å²) in [6.45, 7) is 2.70. The summed E-state index contributed by atoms with van der Waals surface area (Å²) in [5.74, 6) is -0.113. The molecule has 0 bridgehead atoms. The number of hydrogen-bond donors (Lipinski definition) is 1. The second-order valence-corrected chi connectivity index (χ2v) is 4.55. The van der Waals surface area contributed by atoms with Gasteiger partial charge >= 0.3 is 0 Å². The monoisotopic (exact) mass is 250 g/mol. The first-order chi connectivity index (χ1) is 8.20. The number of rotatable bonds is 4. The van der Waals surface area contributed by atoms with Crippen LogP contribution in [-0.2, 0) is 7.05 Å². The Morgan fingerprint density at radius 2 is 2.41 bits per heavy atom. The van der Waals surface area contributed by atoms with Crippen molar-refractivity contribution in [3.63, 3.8) is 0 Å². The van der Waals surface area contributed by atoms with E-state index < -0.39 is 0 Å². The fourth-order valence-corrected chi connectivity index (χ4v) is 2.15. The van der Waals surface area contributed by atoms with Crippen molar-refractivity contribution >= 4 is 17.2 Å². The highest BCUT2D eigenvalue weighted by atomic mass is 32.1. The fraction of sp³-hybridized carbons (Fsp3) is 0.364. The number of aromatic nitrogens is 3. The Bertz CT molecular complexity index is 517. The van der Waals surface area contributed by atoms with Crippen LogP contribution in [0.2, 0.25) is 0 Å². The van der Waals surface area contributed by atoms with Gasteiger partial charge in [-0.3, -0.25) is 9.48 Å². The number of nitrogens with zero attached hydrogens (tertiary/aromatic N) is 3. The summed E-state index contributed by atoms with van der Waals surface area (Å²) >= 11 is 1.45. The number of amides is 1. The van der Waals surface area contributed by atoms with E-state index in [4.69, 9.17) is 0 Å². The van der Waals surface area contributed by atoms with Gasteiger partial charge in [-0.1, -0.05) is 6.92 Å². The third kappa shape index (κ3) is 2.71. The highest BCUT2D eigenvalue weighted by Crippen LogP contribution is 2.22. The number of aryl methyl sites for hydroxylation is 1. The minimum atomic E-state index is -0.113. The molecule has 0 aliphatic rings. The maximum atomic E-state index is 11.7. The molecule has 0 spiro atoms. The molecule has 0 radical (unpaired) electrons. The summed E-state index contributed by atoms with van der Waals surface area (Å²) in [7, 11) is 1.85. The van der Waals surface area contributed by atoms with Gasteiger partial charge in [0, 0.05) is 30.7 Å². The minimum Gasteiger partial charge on any atom is -0.351 e. The summed E-state index contributed by atoms with van der Waals surface area (Å²) in [5, 5.41) is 9.47. The molecule has 90 valence electrons. The third-order valence-electron chi connectivity index (χ3n) is 2.22. The van der Waals surface area contributed by atoms with Crippen LogP contribution in [0, 0.1) is 0 Å². The van der Waals surface area contributed by atoms with E-state index in [-0.39, 0.29) is 5.91 Å². The second kappa shape index (κ2) is 5.09. The molecule has 5 nitrogen and oxygen atoms in total. The molecule has 2 rings (SSSR count). The van der Waals surface area contributed by atoms with Gasteiger partial charge in [-0.2, -0.15) is 5.10 Å². The number of carbonyl (C=O) groups is 1. The molecule has 0 saturated carbocycles. The van der Waals surface area contributed by atoms with Crippen molar-refractivity contribution in [2.45, 2.75) is 13.3 Å². The highest BCUT2D eigenvalue weighted by molar-refractivity contribution is 7.13. The number of nitrogens with one attached hydrogen (secondary N) is 1. The van der Waals surface area contributed by atoms with Crippen LogP contribution in [0.5, 0.6) is 0 Å². The van der Waals surface area contributed by atoms with Crippen LogP contribution in [0.1, 0.15) is 23.8 Å². The number of carbonyl (C=O) groups excluding carboxylic acids is 1. The maximum absolute atomic E-state index is 11.7. The second-order valence-electron chi connectivity index (χ2n) is 3.70. The zero-order chi connectivity index (χ0) is 12.3. The number of hydrogen-bond acceptors (Lipinski definition) is 4. The molecule has 0 aliphatic heterocycles. The largest absolute Gasteiger partial charge is 0.351 e. The van der Waals surface area contributed by atoms with Crippen LogP contribution in [0.3, 0.4) is 0 Å². The first kappa shape index (κ1) is 11.8. The van der Waals surface area contributed by atoms with Crippen LogP contribution < -0.4 is 5.32 Å². The van der Waals surface area contributed by atoms with Gasteiger partial charge in [-0.05, 0) is 6.42 Å². The molecule has 0 saturated heterocycles. The SMILES string of the molecule is CCCNC(=O)c1csc(-c2cnn(C)c2)n1. The van der Waals surface area contributed by atoms with E-state index in [9.17, 15) is 4.79 Å². The molecule has 2 aromatic rings. The molecule has 0 aromatic carbocycles. The lowest BCUT2D eigenvalue weighted by Gasteiger charge is -1.98. The van der Waals surface area contributed by atoms with Gasteiger partial charge < -0.3 is 5.32 Å². The highest BCUT2D eigenvalue weighted by Gasteiger charge is 2.11. The Hall–Kier alpha value is -1.69. The van der Waals surface area contributed by atoms with E-state index in [1.54, 1.807) is 16.3 Å². The first-order valence-electron chi connectivity index (χ1n) is 5.43. The molecule has 6 heteroatoms. The van der Waals surface area contributed by atoms with E-state index in [1.165, 1.54) is 11.3 Å². The lowest BCUT2D eigenvalue weighted by Crippen LogP contribution is -2.24. The van der Waals surface area contributed by atoms with Gasteiger partial charge in [0.05, 0.1) is 6.20 Å². The fourth-order valence-electron chi connectivity index (χ4n) is 1.37. The Balaban J connectivity index is 2.13. The van der Waals surface area contributed by atoms with Gasteiger partial charge in [0.2, 0.25) is 0 Å². The standard InChI is InChI=1S/C11H14N4OS/c1-3-4-12-10(16)9-7-17-11(14-9)8-5-13-15(2)6-8/h5-7H,3-4H2,1-2H3,(H,12,16). The molecule has 0 unspecified atom stereocenters. The van der Waals surface area contributed by atoms with Crippen molar-refractivity contribution < 1.29 is 4.79 Å². The van der Waals surface area contributed by atoms with Gasteiger partial charge in [0.15, 0.2) is 0 Å². The predicted molar refractivity (Wildman–Crippen MR) is 66.9 cm³/mol. The Morgan fingerprint density at radius 3 is 3.06 bits per heavy atom.